The van der Waals surface area contributed by atoms with Crippen molar-refractivity contribution >= 4 is 5.78 Å². The Morgan fingerprint density at radius 1 is 1.06 bits per heavy atom. The number of nitrogens with one attached hydrogen (secondary N) is 1. The minimum atomic E-state index is -0.229. The Labute approximate surface area is 107 Å². The number of likely N-dealkylation sites (N-methyl/N-ethyl adjacent to an activating group) is 1. The SMILES string of the molecule is CC(C)(C)NCC[N+](C)(C)CC(=O)C(C)(C)C. The first-order chi connectivity index (χ1) is 7.33. The van der Waals surface area contributed by atoms with Gasteiger partial charge in [0.1, 0.15) is 6.54 Å². The molecule has 0 aliphatic rings. The molecule has 1 N–H and O–H groups in total. The van der Waals surface area contributed by atoms with E-state index in [-0.39, 0.29) is 11.0 Å². The van der Waals surface area contributed by atoms with E-state index in [1.165, 1.54) is 0 Å². The molecule has 0 unspecified atom stereocenters. The van der Waals surface area contributed by atoms with Crippen LogP contribution in [0.15, 0.2) is 0 Å². The summed E-state index contributed by atoms with van der Waals surface area (Å²) in [5, 5.41) is 3.46. The summed E-state index contributed by atoms with van der Waals surface area (Å²) in [7, 11) is 4.24. The minimum absolute atomic E-state index is 0.147. The molecule has 0 radical (unpaired) electrons. The fraction of sp³-hybridized carbons (Fsp3) is 0.929. The second-order valence-corrected chi connectivity index (χ2v) is 7.67. The molecule has 0 aromatic heterocycles. The van der Waals surface area contributed by atoms with E-state index >= 15 is 0 Å². The van der Waals surface area contributed by atoms with Crippen molar-refractivity contribution in [1.29, 1.82) is 0 Å². The molecule has 0 rings (SSSR count). The average molecular weight is 243 g/mol. The van der Waals surface area contributed by atoms with Gasteiger partial charge in [0.25, 0.3) is 0 Å². The smallest absolute Gasteiger partial charge is 0.192 e. The lowest BCUT2D eigenvalue weighted by molar-refractivity contribution is -0.881. The number of Topliss-reactive ketones (excluding diaryl/α,β-unsaturated/α-hetero) is 1. The molecule has 0 aliphatic heterocycles. The summed E-state index contributed by atoms with van der Waals surface area (Å²) in [5.41, 5.74) is -0.0823. The third-order valence-electron chi connectivity index (χ3n) is 2.78. The fourth-order valence-corrected chi connectivity index (χ4v) is 1.44. The lowest BCUT2D eigenvalue weighted by Crippen LogP contribution is -2.51. The molecule has 0 aromatic rings. The Morgan fingerprint density at radius 2 is 1.53 bits per heavy atom. The lowest BCUT2D eigenvalue weighted by Gasteiger charge is -2.33. The monoisotopic (exact) mass is 243 g/mol. The van der Waals surface area contributed by atoms with Crippen molar-refractivity contribution in [2.24, 2.45) is 5.41 Å². The van der Waals surface area contributed by atoms with E-state index in [2.05, 4.69) is 40.2 Å². The molecule has 0 bridgehead atoms. The molecule has 0 saturated heterocycles. The van der Waals surface area contributed by atoms with Crippen molar-refractivity contribution in [2.75, 3.05) is 33.7 Å². The van der Waals surface area contributed by atoms with Crippen LogP contribution in [0.4, 0.5) is 0 Å². The number of ketones is 1. The topological polar surface area (TPSA) is 29.1 Å². The quantitative estimate of drug-likeness (QED) is 0.749. The molecule has 0 fully saturated rings. The first-order valence-corrected chi connectivity index (χ1v) is 6.44. The molecule has 3 nitrogen and oxygen atoms in total. The van der Waals surface area contributed by atoms with Gasteiger partial charge in [0.05, 0.1) is 20.6 Å². The molecule has 0 amide bonds. The normalized spacial score (nSPS) is 13.9. The third-order valence-corrected chi connectivity index (χ3v) is 2.78. The van der Waals surface area contributed by atoms with Crippen LogP contribution in [0, 0.1) is 5.41 Å². The molecule has 0 atom stereocenters. The average Bonchev–Trinajstić information content (AvgIpc) is 1.97. The van der Waals surface area contributed by atoms with Gasteiger partial charge >= 0.3 is 0 Å². The number of rotatable bonds is 5. The Balaban J connectivity index is 4.17. The number of quaternary nitrogens is 1. The Kier molecular flexibility index (Phi) is 5.36. The van der Waals surface area contributed by atoms with Crippen molar-refractivity contribution in [3.05, 3.63) is 0 Å². The van der Waals surface area contributed by atoms with Crippen molar-refractivity contribution in [3.63, 3.8) is 0 Å². The first-order valence-electron chi connectivity index (χ1n) is 6.44. The number of nitrogens with zero attached hydrogens (tertiary/aromatic N) is 1. The van der Waals surface area contributed by atoms with E-state index in [1.807, 2.05) is 20.8 Å². The predicted molar refractivity (Wildman–Crippen MR) is 74.1 cm³/mol. The molecule has 0 heterocycles. The summed E-state index contributed by atoms with van der Waals surface area (Å²) in [4.78, 5) is 12.0. The standard InChI is InChI=1S/C14H31N2O/c1-13(2,3)12(17)11-16(7,8)10-9-15-14(4,5)6/h15H,9-11H2,1-8H3/q+1. The molecule has 102 valence electrons. The summed E-state index contributed by atoms with van der Waals surface area (Å²) in [5.74, 6) is 0.332. The molecular formula is C14H31N2O+. The van der Waals surface area contributed by atoms with Crippen LogP contribution < -0.4 is 5.32 Å². The maximum Gasteiger partial charge on any atom is 0.192 e. The van der Waals surface area contributed by atoms with Crippen molar-refractivity contribution in [1.82, 2.24) is 5.32 Å². The Bertz CT molecular complexity index is 256. The number of hydrogen-bond acceptors (Lipinski definition) is 2. The maximum absolute atomic E-state index is 12.0. The van der Waals surface area contributed by atoms with Gasteiger partial charge in [-0.2, -0.15) is 0 Å². The summed E-state index contributed by atoms with van der Waals surface area (Å²) in [6.45, 7) is 15.0. The Morgan fingerprint density at radius 3 is 1.88 bits per heavy atom. The molecule has 0 spiro atoms. The van der Waals surface area contributed by atoms with Gasteiger partial charge in [0.2, 0.25) is 0 Å². The van der Waals surface area contributed by atoms with Crippen LogP contribution in [-0.2, 0) is 4.79 Å². The molecular weight excluding hydrogens is 212 g/mol. The lowest BCUT2D eigenvalue weighted by atomic mass is 9.90. The highest BCUT2D eigenvalue weighted by Crippen LogP contribution is 2.16. The number of carbonyl (C=O) groups excluding carboxylic acids is 1. The summed E-state index contributed by atoms with van der Waals surface area (Å²) < 4.78 is 0.749. The highest BCUT2D eigenvalue weighted by Gasteiger charge is 2.28. The van der Waals surface area contributed by atoms with Crippen molar-refractivity contribution < 1.29 is 9.28 Å². The Hall–Kier alpha value is -0.410. The van der Waals surface area contributed by atoms with Crippen molar-refractivity contribution in [2.45, 2.75) is 47.1 Å². The molecule has 0 saturated carbocycles. The minimum Gasteiger partial charge on any atom is -0.321 e. The second-order valence-electron chi connectivity index (χ2n) is 7.67. The van der Waals surface area contributed by atoms with Gasteiger partial charge in [-0.25, -0.2) is 0 Å². The van der Waals surface area contributed by atoms with Gasteiger partial charge < -0.3 is 9.80 Å². The zero-order valence-electron chi connectivity index (χ0n) is 13.0. The van der Waals surface area contributed by atoms with Crippen LogP contribution in [0.25, 0.3) is 0 Å². The number of carbonyl (C=O) groups is 1. The van der Waals surface area contributed by atoms with Crippen LogP contribution in [0.5, 0.6) is 0 Å². The van der Waals surface area contributed by atoms with Gasteiger partial charge in [-0.3, -0.25) is 4.79 Å². The largest absolute Gasteiger partial charge is 0.321 e. The van der Waals surface area contributed by atoms with E-state index in [9.17, 15) is 4.79 Å². The predicted octanol–water partition coefficient (Wildman–Crippen LogP) is 2.07. The molecule has 17 heavy (non-hydrogen) atoms. The van der Waals surface area contributed by atoms with Crippen molar-refractivity contribution in [3.8, 4) is 0 Å². The van der Waals surface area contributed by atoms with Crippen LogP contribution in [0.1, 0.15) is 41.5 Å². The van der Waals surface area contributed by atoms with Crippen LogP contribution in [-0.4, -0.2) is 49.5 Å². The number of hydrogen-bond donors (Lipinski definition) is 1. The van der Waals surface area contributed by atoms with E-state index < -0.39 is 0 Å². The van der Waals surface area contributed by atoms with Crippen LogP contribution in [0.2, 0.25) is 0 Å². The molecule has 3 heteroatoms. The van der Waals surface area contributed by atoms with Gasteiger partial charge in [0, 0.05) is 17.5 Å². The highest BCUT2D eigenvalue weighted by molar-refractivity contribution is 5.84. The summed E-state index contributed by atoms with van der Waals surface area (Å²) in [6.07, 6.45) is 0. The van der Waals surface area contributed by atoms with E-state index in [4.69, 9.17) is 0 Å². The second kappa shape index (κ2) is 5.49. The third kappa shape index (κ3) is 8.33. The van der Waals surface area contributed by atoms with Gasteiger partial charge in [-0.15, -0.1) is 0 Å². The van der Waals surface area contributed by atoms with E-state index in [0.29, 0.717) is 12.3 Å². The molecule has 0 aliphatic carbocycles. The zero-order chi connectivity index (χ0) is 13.9. The van der Waals surface area contributed by atoms with Gasteiger partial charge in [-0.05, 0) is 20.8 Å². The summed E-state index contributed by atoms with van der Waals surface area (Å²) in [6, 6.07) is 0. The van der Waals surface area contributed by atoms with Crippen LogP contribution >= 0.6 is 0 Å². The summed E-state index contributed by atoms with van der Waals surface area (Å²) >= 11 is 0. The van der Waals surface area contributed by atoms with Gasteiger partial charge in [-0.1, -0.05) is 20.8 Å². The molecule has 0 aromatic carbocycles. The maximum atomic E-state index is 12.0. The fourth-order valence-electron chi connectivity index (χ4n) is 1.44. The zero-order valence-corrected chi connectivity index (χ0v) is 13.0. The van der Waals surface area contributed by atoms with Gasteiger partial charge in [0.15, 0.2) is 5.78 Å². The first kappa shape index (κ1) is 16.6. The van der Waals surface area contributed by atoms with E-state index in [0.717, 1.165) is 17.6 Å². The van der Waals surface area contributed by atoms with Crippen LogP contribution in [0.3, 0.4) is 0 Å². The highest BCUT2D eigenvalue weighted by atomic mass is 16.1. The van der Waals surface area contributed by atoms with E-state index in [1.54, 1.807) is 0 Å².